The molecule has 3 heterocycles. The number of hydrogen-bond donors (Lipinski definition) is 0. The van der Waals surface area contributed by atoms with Crippen LogP contribution in [0.1, 0.15) is 107 Å². The molecule has 3 aliphatic rings. The van der Waals surface area contributed by atoms with E-state index in [1.807, 2.05) is 20.8 Å². The van der Waals surface area contributed by atoms with Gasteiger partial charge < -0.3 is 28.6 Å². The number of pyridine rings is 1. The van der Waals surface area contributed by atoms with Gasteiger partial charge >= 0.3 is 30.2 Å². The van der Waals surface area contributed by atoms with Crippen LogP contribution in [-0.2, 0) is 39.7 Å². The zero-order chi connectivity index (χ0) is 37.1. The van der Waals surface area contributed by atoms with Gasteiger partial charge in [-0.1, -0.05) is 13.8 Å². The lowest BCUT2D eigenvalue weighted by Gasteiger charge is -2.35. The molecule has 2 bridgehead atoms. The Morgan fingerprint density at radius 1 is 0.878 bits per heavy atom. The number of carbonyl (C=O) groups excluding carboxylic acids is 5. The summed E-state index contributed by atoms with van der Waals surface area (Å²) in [7, 11) is 0. The zero-order valence-electron chi connectivity index (χ0n) is 31.3. The molecular weight excluding hydrogens is 634 g/mol. The van der Waals surface area contributed by atoms with E-state index in [1.54, 1.807) is 81.4 Å². The van der Waals surface area contributed by atoms with E-state index >= 15 is 0 Å². The Kier molecular flexibility index (Phi) is 9.64. The molecule has 1 aromatic heterocycles. The van der Waals surface area contributed by atoms with Crippen LogP contribution < -0.4 is 4.90 Å². The average molecular weight is 688 g/mol. The number of imide groups is 1. The van der Waals surface area contributed by atoms with Crippen molar-refractivity contribution in [3.8, 4) is 0 Å². The maximum absolute atomic E-state index is 14.0. The molecule has 1 aromatic rings. The van der Waals surface area contributed by atoms with Gasteiger partial charge in [0.05, 0.1) is 12.0 Å². The molecule has 2 unspecified atom stereocenters. The first-order valence-electron chi connectivity index (χ1n) is 16.8. The van der Waals surface area contributed by atoms with Crippen LogP contribution in [0.2, 0.25) is 0 Å². The smallest absolute Gasteiger partial charge is 0.425 e. The second-order valence-electron chi connectivity index (χ2n) is 17.3. The lowest BCUT2D eigenvalue weighted by molar-refractivity contribution is -0.188. The molecule has 4 atom stereocenters. The van der Waals surface area contributed by atoms with Crippen molar-refractivity contribution in [1.82, 2.24) is 9.88 Å². The fourth-order valence-electron chi connectivity index (χ4n) is 6.67. The van der Waals surface area contributed by atoms with Gasteiger partial charge in [-0.05, 0) is 113 Å². The van der Waals surface area contributed by atoms with Crippen LogP contribution in [0.3, 0.4) is 0 Å². The first-order valence-corrected chi connectivity index (χ1v) is 16.8. The number of likely N-dealkylation sites (tertiary alicyclic amines) is 1. The van der Waals surface area contributed by atoms with Crippen LogP contribution in [0.25, 0.3) is 0 Å². The minimum atomic E-state index is -1.45. The molecule has 13 nitrogen and oxygen atoms in total. The summed E-state index contributed by atoms with van der Waals surface area (Å²) in [5, 5.41) is 0. The van der Waals surface area contributed by atoms with Crippen molar-refractivity contribution in [2.24, 2.45) is 16.7 Å². The normalized spacial score (nSPS) is 26.2. The van der Waals surface area contributed by atoms with E-state index in [1.165, 1.54) is 4.90 Å². The molecule has 1 saturated carbocycles. The summed E-state index contributed by atoms with van der Waals surface area (Å²) < 4.78 is 28.7. The van der Waals surface area contributed by atoms with Gasteiger partial charge in [-0.15, -0.1) is 0 Å². The molecule has 1 aliphatic carbocycles. The van der Waals surface area contributed by atoms with E-state index < -0.39 is 75.5 Å². The molecule has 49 heavy (non-hydrogen) atoms. The van der Waals surface area contributed by atoms with E-state index in [2.05, 4.69) is 4.98 Å². The monoisotopic (exact) mass is 687 g/mol. The Balaban J connectivity index is 1.67. The van der Waals surface area contributed by atoms with Crippen LogP contribution in [0.5, 0.6) is 0 Å². The van der Waals surface area contributed by atoms with E-state index in [0.717, 1.165) is 4.90 Å². The largest absolute Gasteiger partial charge is 0.457 e. The summed E-state index contributed by atoms with van der Waals surface area (Å²) in [5.74, 6) is -1.53. The third-order valence-corrected chi connectivity index (χ3v) is 9.57. The molecule has 0 N–H and O–H groups in total. The third kappa shape index (κ3) is 7.65. The Bertz CT molecular complexity index is 1490. The van der Waals surface area contributed by atoms with Gasteiger partial charge in [-0.25, -0.2) is 24.2 Å². The van der Waals surface area contributed by atoms with Gasteiger partial charge in [0.25, 0.3) is 0 Å². The molecule has 2 saturated heterocycles. The molecule has 0 radical (unpaired) electrons. The van der Waals surface area contributed by atoms with Gasteiger partial charge in [0.15, 0.2) is 0 Å². The van der Waals surface area contributed by atoms with Crippen LogP contribution in [0.15, 0.2) is 12.1 Å². The maximum atomic E-state index is 14.0. The Labute approximate surface area is 289 Å². The molecule has 0 spiro atoms. The van der Waals surface area contributed by atoms with Gasteiger partial charge in [0.1, 0.15) is 28.7 Å². The predicted octanol–water partition coefficient (Wildman–Crippen LogP) is 6.51. The van der Waals surface area contributed by atoms with Gasteiger partial charge in [0, 0.05) is 23.6 Å². The van der Waals surface area contributed by atoms with Gasteiger partial charge in [-0.2, -0.15) is 4.90 Å². The highest BCUT2D eigenvalue weighted by atomic mass is 16.6. The summed E-state index contributed by atoms with van der Waals surface area (Å²) in [4.78, 5) is 73.7. The second kappa shape index (κ2) is 12.5. The van der Waals surface area contributed by atoms with Crippen LogP contribution in [0, 0.1) is 23.7 Å². The Hall–Kier alpha value is -3.90. The molecule has 3 fully saturated rings. The number of esters is 2. The number of aryl methyl sites for hydroxylation is 1. The summed E-state index contributed by atoms with van der Waals surface area (Å²) in [5.41, 5.74) is -4.48. The maximum Gasteiger partial charge on any atom is 0.425 e. The van der Waals surface area contributed by atoms with E-state index in [0.29, 0.717) is 24.1 Å². The molecule has 4 rings (SSSR count). The lowest BCUT2D eigenvalue weighted by Crippen LogP contribution is -2.50. The molecular formula is C36H53N3O10. The van der Waals surface area contributed by atoms with Crippen molar-refractivity contribution >= 4 is 36.0 Å². The predicted molar refractivity (Wildman–Crippen MR) is 179 cm³/mol. The highest BCUT2D eigenvalue weighted by Crippen LogP contribution is 2.66. The highest BCUT2D eigenvalue weighted by Gasteiger charge is 2.76. The number of fused-ring (bicyclic) bond motifs is 2. The van der Waals surface area contributed by atoms with Crippen LogP contribution >= 0.6 is 0 Å². The quantitative estimate of drug-likeness (QED) is 0.246. The van der Waals surface area contributed by atoms with Crippen molar-refractivity contribution in [3.05, 3.63) is 23.4 Å². The number of aromatic nitrogens is 1. The summed E-state index contributed by atoms with van der Waals surface area (Å²) >= 11 is 0. The molecule has 272 valence electrons. The molecule has 13 heteroatoms. The summed E-state index contributed by atoms with van der Waals surface area (Å²) in [6.45, 7) is 22.9. The Morgan fingerprint density at radius 2 is 1.43 bits per heavy atom. The number of anilines is 1. The first-order chi connectivity index (χ1) is 22.2. The average Bonchev–Trinajstić information content (AvgIpc) is 3.42. The number of amides is 3. The highest BCUT2D eigenvalue weighted by molar-refractivity contribution is 6.08. The van der Waals surface area contributed by atoms with Crippen molar-refractivity contribution in [3.63, 3.8) is 0 Å². The van der Waals surface area contributed by atoms with Crippen LogP contribution in [-0.4, -0.2) is 81.7 Å². The fourth-order valence-corrected chi connectivity index (χ4v) is 6.67. The van der Waals surface area contributed by atoms with E-state index in [4.69, 9.17) is 23.7 Å². The Morgan fingerprint density at radius 3 is 1.90 bits per heavy atom. The fraction of sp³-hybridized carbons (Fsp3) is 0.722. The lowest BCUT2D eigenvalue weighted by atomic mass is 9.66. The number of ether oxygens (including phenoxy) is 5. The van der Waals surface area contributed by atoms with Crippen molar-refractivity contribution < 1.29 is 47.7 Å². The molecule has 3 amide bonds. The number of nitrogens with zero attached hydrogens (tertiary/aromatic N) is 3. The number of carbonyl (C=O) groups is 5. The second-order valence-corrected chi connectivity index (χ2v) is 17.3. The third-order valence-electron chi connectivity index (χ3n) is 9.57. The first kappa shape index (κ1) is 37.9. The topological polar surface area (TPSA) is 151 Å². The van der Waals surface area contributed by atoms with Crippen molar-refractivity contribution in [2.45, 2.75) is 138 Å². The standard InChI is InChI=1S/C36H53N3O10/c1-21-16-23(37-25(17-21)39(29(43)48-32(5,6)7)30(44)49-33(8,9)10)18-22-19-38(28(42)47-31(2,3)4)20-24(22)45-27(41)36-15-14-35(13,26(40)46-36)34(36,11)12/h16-17,22,24H,14-15,18-20H2,1-13H3/t22-,24+,35?,36?/m0/s1. The van der Waals surface area contributed by atoms with E-state index in [9.17, 15) is 24.0 Å². The molecule has 2 aliphatic heterocycles. The van der Waals surface area contributed by atoms with E-state index in [-0.39, 0.29) is 25.3 Å². The van der Waals surface area contributed by atoms with Crippen LogP contribution in [0.4, 0.5) is 20.2 Å². The summed E-state index contributed by atoms with van der Waals surface area (Å²) in [6, 6.07) is 3.37. The minimum absolute atomic E-state index is 0.00205. The SMILES string of the molecule is Cc1cc(C[C@H]2CN(C(=O)OC(C)(C)C)C[C@H]2OC(=O)C23CCC(C)(C(=O)O2)C3(C)C)nc(N(C(=O)OC(C)(C)C)C(=O)OC(C)(C)C)c1. The van der Waals surface area contributed by atoms with Crippen molar-refractivity contribution in [2.75, 3.05) is 18.0 Å². The van der Waals surface area contributed by atoms with Gasteiger partial charge in [0.2, 0.25) is 5.60 Å². The molecule has 0 aromatic carbocycles. The number of hydrogen-bond acceptors (Lipinski definition) is 11. The van der Waals surface area contributed by atoms with Crippen molar-refractivity contribution in [1.29, 1.82) is 0 Å². The zero-order valence-corrected chi connectivity index (χ0v) is 31.3. The summed E-state index contributed by atoms with van der Waals surface area (Å²) in [6.07, 6.45) is -2.23. The minimum Gasteiger partial charge on any atom is -0.457 e. The van der Waals surface area contributed by atoms with Gasteiger partial charge in [-0.3, -0.25) is 4.79 Å². The number of rotatable bonds is 5.